The van der Waals surface area contributed by atoms with Gasteiger partial charge in [0.05, 0.1) is 5.41 Å². The van der Waals surface area contributed by atoms with Crippen LogP contribution in [0.5, 0.6) is 0 Å². The molecule has 0 N–H and O–H groups in total. The van der Waals surface area contributed by atoms with E-state index in [4.69, 9.17) is 4.74 Å². The summed E-state index contributed by atoms with van der Waals surface area (Å²) in [6, 6.07) is 0. The number of benzene rings is 18. The lowest BCUT2D eigenvalue weighted by molar-refractivity contribution is -0.162. The molecule has 0 amide bonds. The largest absolute Gasteiger partial charge is 0.448 e. The highest BCUT2D eigenvalue weighted by atomic mass is 16.6. The lowest BCUT2D eigenvalue weighted by Crippen LogP contribution is -2.54. The average molecular weight is 963 g/mol. The summed E-state index contributed by atoms with van der Waals surface area (Å²) in [5.41, 5.74) is 4.56. The smallest absolute Gasteiger partial charge is 0.307 e. The molecule has 0 bridgehead atoms. The van der Waals surface area contributed by atoms with Gasteiger partial charge in [-0.15, -0.1) is 0 Å². The minimum Gasteiger partial charge on any atom is -0.448 e. The van der Waals surface area contributed by atoms with Crippen molar-refractivity contribution in [2.24, 2.45) is 0 Å². The molecule has 342 valence electrons. The van der Waals surface area contributed by atoms with E-state index in [1.165, 1.54) is 77.6 Å². The Morgan fingerprint density at radius 2 is 0.442 bits per heavy atom. The van der Waals surface area contributed by atoms with Crippen molar-refractivity contribution in [3.8, 4) is 0 Å². The maximum absolute atomic E-state index is 16.2. The van der Waals surface area contributed by atoms with Gasteiger partial charge in [0.25, 0.3) is 0 Å². The zero-order valence-electron chi connectivity index (χ0n) is 41.8. The van der Waals surface area contributed by atoms with Crippen LogP contribution in [0.15, 0.2) is 0 Å². The summed E-state index contributed by atoms with van der Waals surface area (Å²) in [6.07, 6.45) is 13.2. The number of carbonyl (C=O) groups is 1. The summed E-state index contributed by atoms with van der Waals surface area (Å²) in [7, 11) is 0. The molecule has 2 heteroatoms. The van der Waals surface area contributed by atoms with Crippen molar-refractivity contribution in [3.63, 3.8) is 0 Å². The van der Waals surface area contributed by atoms with Gasteiger partial charge in [0, 0.05) is 17.5 Å². The fraction of sp³-hybridized carbons (Fsp3) is 0.213. The molecule has 77 heavy (non-hydrogen) atoms. The average Bonchev–Trinajstić information content (AvgIpc) is 1.48. The highest BCUT2D eigenvalue weighted by Gasteiger charge is 2.71. The van der Waals surface area contributed by atoms with Crippen LogP contribution in [0.1, 0.15) is 113 Å². The van der Waals surface area contributed by atoms with E-state index in [2.05, 4.69) is 13.8 Å². The molecule has 0 spiro atoms. The third kappa shape index (κ3) is 1.99. The molecule has 0 unspecified atom stereocenters. The van der Waals surface area contributed by atoms with Crippen LogP contribution in [-0.4, -0.2) is 5.97 Å². The lowest BCUT2D eigenvalue weighted by atomic mass is 9.52. The summed E-state index contributed by atoms with van der Waals surface area (Å²) < 4.78 is 8.43. The minimum absolute atomic E-state index is 0.0457. The molecule has 0 saturated carbocycles. The molecule has 0 aliphatic heterocycles. The van der Waals surface area contributed by atoms with E-state index in [-0.39, 0.29) is 5.97 Å². The summed E-state index contributed by atoms with van der Waals surface area (Å²) in [4.78, 5) is 16.2. The van der Waals surface area contributed by atoms with Crippen molar-refractivity contribution >= 4 is 297 Å². The number of esters is 1. The lowest BCUT2D eigenvalue weighted by Gasteiger charge is -2.53. The number of hydrogen-bond acceptors (Lipinski definition) is 2. The van der Waals surface area contributed by atoms with Crippen LogP contribution < -0.4 is 0 Å². The van der Waals surface area contributed by atoms with Gasteiger partial charge in [0.15, 0.2) is 5.60 Å². The normalized spacial score (nSPS) is 20.9. The van der Waals surface area contributed by atoms with Gasteiger partial charge >= 0.3 is 5.97 Å². The van der Waals surface area contributed by atoms with Gasteiger partial charge in [-0.05, 0) is 315 Å². The van der Waals surface area contributed by atoms with Crippen molar-refractivity contribution in [2.45, 2.75) is 102 Å². The number of hydrogen-bond donors (Lipinski definition) is 0. The highest BCUT2D eigenvalue weighted by Crippen LogP contribution is 2.85. The molecule has 32 rings (SSSR count). The maximum Gasteiger partial charge on any atom is 0.307 e. The van der Waals surface area contributed by atoms with E-state index in [1.807, 2.05) is 0 Å². The van der Waals surface area contributed by atoms with Gasteiger partial charge in [-0.1, -0.05) is 71.6 Å². The fourth-order valence-electron chi connectivity index (χ4n) is 26.0. The quantitative estimate of drug-likeness (QED) is 0.0654. The Hall–Kier alpha value is -8.07. The Labute approximate surface area is 428 Å². The van der Waals surface area contributed by atoms with Crippen LogP contribution in [0.25, 0.3) is 291 Å². The third-order valence-electron chi connectivity index (χ3n) is 26.8. The first-order valence-electron chi connectivity index (χ1n) is 30.2. The van der Waals surface area contributed by atoms with Crippen LogP contribution in [0.3, 0.4) is 0 Å². The minimum atomic E-state index is -0.983. The summed E-state index contributed by atoms with van der Waals surface area (Å²) in [6.45, 7) is 4.67. The monoisotopic (exact) mass is 962 g/mol. The van der Waals surface area contributed by atoms with E-state index in [0.717, 1.165) is 25.7 Å². The Morgan fingerprint density at radius 1 is 0.247 bits per heavy atom. The first-order chi connectivity index (χ1) is 38.3. The molecule has 2 nitrogen and oxygen atoms in total. The van der Waals surface area contributed by atoms with Gasteiger partial charge in [-0.3, -0.25) is 4.79 Å². The van der Waals surface area contributed by atoms with Crippen molar-refractivity contribution in [3.05, 3.63) is 22.3 Å². The van der Waals surface area contributed by atoms with Gasteiger partial charge < -0.3 is 4.74 Å². The fourth-order valence-corrected chi connectivity index (χ4v) is 26.0. The van der Waals surface area contributed by atoms with Crippen LogP contribution in [-0.2, 0) is 20.5 Å². The summed E-state index contributed by atoms with van der Waals surface area (Å²) in [5.74, 6) is 0.0457. The first kappa shape index (κ1) is 32.5. The van der Waals surface area contributed by atoms with Crippen LogP contribution in [0.4, 0.5) is 0 Å². The zero-order valence-corrected chi connectivity index (χ0v) is 41.8. The van der Waals surface area contributed by atoms with Crippen molar-refractivity contribution in [1.82, 2.24) is 0 Å². The summed E-state index contributed by atoms with van der Waals surface area (Å²) >= 11 is 0. The van der Waals surface area contributed by atoms with Crippen molar-refractivity contribution in [1.29, 1.82) is 0 Å². The van der Waals surface area contributed by atoms with Gasteiger partial charge in [0.2, 0.25) is 0 Å². The van der Waals surface area contributed by atoms with E-state index in [9.17, 15) is 0 Å². The summed E-state index contributed by atoms with van der Waals surface area (Å²) in [5, 5.41) is 86.3. The second-order valence-corrected chi connectivity index (χ2v) is 28.1. The van der Waals surface area contributed by atoms with Gasteiger partial charge in [-0.25, -0.2) is 0 Å². The maximum atomic E-state index is 16.2. The van der Waals surface area contributed by atoms with Gasteiger partial charge in [-0.2, -0.15) is 0 Å². The Kier molecular flexibility index (Phi) is 3.42. The Morgan fingerprint density at radius 3 is 0.675 bits per heavy atom. The second-order valence-electron chi connectivity index (χ2n) is 28.1. The Bertz CT molecular complexity index is 7060. The predicted octanol–water partition coefficient (Wildman–Crippen LogP) is 21.5. The molecule has 4 aliphatic carbocycles. The molecule has 0 fully saturated rings. The topological polar surface area (TPSA) is 26.3 Å². The van der Waals surface area contributed by atoms with Crippen LogP contribution in [0, 0.1) is 0 Å². The molecular formula is C75H30O2. The highest BCUT2D eigenvalue weighted by molar-refractivity contribution is 6.82. The van der Waals surface area contributed by atoms with E-state index in [0.29, 0.717) is 6.42 Å². The van der Waals surface area contributed by atoms with E-state index in [1.54, 1.807) is 280 Å². The Balaban J connectivity index is 1.05. The van der Waals surface area contributed by atoms with Crippen molar-refractivity contribution in [2.75, 3.05) is 0 Å². The number of rotatable bonds is 13. The molecule has 0 heterocycles. The van der Waals surface area contributed by atoms with Gasteiger partial charge in [0.1, 0.15) is 0 Å². The first-order valence-corrected chi connectivity index (χ1v) is 30.2. The number of carbonyl (C=O) groups excluding carboxylic acids is 1. The standard InChI is InChI=1S/C75H30O2/c1-3-5-7-9-11-13-15(76)77-75-72-66-60-50-38-30-22-18-16-17-20-24(22)32(38)42-36-28(20)29-21(17)25-23-19(16)27-26(18)34-40(30)48-54-44(34)45-35(27)41-31(23)39-33(25)43-37(29)47-46(36)58(52(42)60)68(72)69-59(47)53(43)61-51(39)57-49(41)55(45)63-62(54)70(64(66)56(48)50)74(75,14-12-10-8-6-4-2)71(63)65(57)67(61)73(69)75/h3-14H2,1-2H3. The molecular weight excluding hydrogens is 933 g/mol. The third-order valence-corrected chi connectivity index (χ3v) is 26.8. The zero-order chi connectivity index (χ0) is 47.3. The number of unbranched alkanes of at least 4 members (excludes halogenated alkanes) is 8. The van der Waals surface area contributed by atoms with Crippen molar-refractivity contribution < 1.29 is 9.53 Å². The molecule has 0 saturated heterocycles. The molecule has 0 radical (unpaired) electrons. The van der Waals surface area contributed by atoms with Crippen LogP contribution >= 0.6 is 0 Å². The number of ether oxygens (including phenoxy) is 1. The molecule has 28 aromatic rings. The SMILES string of the molecule is CCCCCCCC(=O)OC12c3c4c5c6c7c8c(c9c%10c1c1c3c3c%11c4c4c5c5c7c7c%12c8c8c9c9c%10c%10c1c1c3c3c%11c%11c4c4c5c7c5c7c%12c8c8c9c9c%10c1c1c3c3c%11c4c5c4c7c8c9c1c34)C62CCCCCCC. The van der Waals surface area contributed by atoms with E-state index >= 15 is 4.79 Å². The second kappa shape index (κ2) is 8.09. The molecule has 0 atom stereocenters. The molecule has 28 aromatic carbocycles. The van der Waals surface area contributed by atoms with E-state index < -0.39 is 11.0 Å². The molecule has 4 aliphatic rings. The predicted molar refractivity (Wildman–Crippen MR) is 327 cm³/mol. The molecule has 0 aromatic heterocycles. The van der Waals surface area contributed by atoms with Crippen LogP contribution in [0.2, 0.25) is 0 Å².